The van der Waals surface area contributed by atoms with Gasteiger partial charge in [0.05, 0.1) is 0 Å². The number of carboxylic acids is 1. The molecule has 0 aromatic carbocycles. The number of carboxylic acid groups (broad SMARTS) is 1. The van der Waals surface area contributed by atoms with E-state index in [0.29, 0.717) is 6.42 Å². The SMILES string of the molecule is C.CC[C@H](NC(=O)OC(C)(C)C)C(=O)O. The summed E-state index contributed by atoms with van der Waals surface area (Å²) in [5, 5.41) is 10.9. The van der Waals surface area contributed by atoms with Gasteiger partial charge in [0.25, 0.3) is 0 Å². The van der Waals surface area contributed by atoms with E-state index in [-0.39, 0.29) is 7.43 Å². The molecule has 0 rings (SSSR count). The molecule has 0 saturated heterocycles. The second-order valence-electron chi connectivity index (χ2n) is 3.95. The zero-order valence-corrected chi connectivity index (χ0v) is 8.96. The number of ether oxygens (including phenoxy) is 1. The fourth-order valence-corrected chi connectivity index (χ4v) is 0.788. The van der Waals surface area contributed by atoms with Crippen LogP contribution in [-0.4, -0.2) is 28.8 Å². The van der Waals surface area contributed by atoms with E-state index < -0.39 is 23.7 Å². The van der Waals surface area contributed by atoms with Gasteiger partial charge in [0.15, 0.2) is 0 Å². The lowest BCUT2D eigenvalue weighted by molar-refractivity contribution is -0.139. The van der Waals surface area contributed by atoms with Crippen LogP contribution >= 0.6 is 0 Å². The molecule has 15 heavy (non-hydrogen) atoms. The Morgan fingerprint density at radius 2 is 1.87 bits per heavy atom. The Hall–Kier alpha value is -1.26. The summed E-state index contributed by atoms with van der Waals surface area (Å²) in [6, 6.07) is -0.884. The summed E-state index contributed by atoms with van der Waals surface area (Å²) in [4.78, 5) is 21.7. The van der Waals surface area contributed by atoms with Gasteiger partial charge in [0.1, 0.15) is 11.6 Å². The summed E-state index contributed by atoms with van der Waals surface area (Å²) < 4.78 is 4.91. The quantitative estimate of drug-likeness (QED) is 0.761. The van der Waals surface area contributed by atoms with Gasteiger partial charge in [-0.05, 0) is 27.2 Å². The number of carbonyl (C=O) groups is 2. The average Bonchev–Trinajstić information content (AvgIpc) is 1.96. The van der Waals surface area contributed by atoms with Crippen molar-refractivity contribution < 1.29 is 19.4 Å². The fraction of sp³-hybridized carbons (Fsp3) is 0.800. The predicted octanol–water partition coefficient (Wildman–Crippen LogP) is 2.01. The van der Waals surface area contributed by atoms with Crippen LogP contribution in [0.5, 0.6) is 0 Å². The molecular formula is C10H21NO4. The highest BCUT2D eigenvalue weighted by Gasteiger charge is 2.22. The standard InChI is InChI=1S/C9H17NO4.CH4/c1-5-6(7(11)12)10-8(13)14-9(2,3)4;/h6H,5H2,1-4H3,(H,10,13)(H,11,12);1H4/t6-;/m0./s1. The number of nitrogens with one attached hydrogen (secondary N) is 1. The first-order valence-electron chi connectivity index (χ1n) is 4.48. The third-order valence-corrected chi connectivity index (χ3v) is 1.40. The van der Waals surface area contributed by atoms with E-state index >= 15 is 0 Å². The Bertz CT molecular complexity index is 220. The minimum atomic E-state index is -1.06. The van der Waals surface area contributed by atoms with Crippen molar-refractivity contribution in [3.8, 4) is 0 Å². The summed E-state index contributed by atoms with van der Waals surface area (Å²) in [5.74, 6) is -1.06. The Balaban J connectivity index is 0. The number of aliphatic carboxylic acids is 1. The average molecular weight is 219 g/mol. The summed E-state index contributed by atoms with van der Waals surface area (Å²) in [7, 11) is 0. The van der Waals surface area contributed by atoms with Crippen molar-refractivity contribution in [3.63, 3.8) is 0 Å². The van der Waals surface area contributed by atoms with Crippen molar-refractivity contribution in [2.45, 2.75) is 53.2 Å². The van der Waals surface area contributed by atoms with Crippen LogP contribution in [-0.2, 0) is 9.53 Å². The molecule has 0 bridgehead atoms. The van der Waals surface area contributed by atoms with Gasteiger partial charge in [0.2, 0.25) is 0 Å². The topological polar surface area (TPSA) is 75.6 Å². The Kier molecular flexibility index (Phi) is 6.76. The van der Waals surface area contributed by atoms with Crippen LogP contribution in [0.3, 0.4) is 0 Å². The highest BCUT2D eigenvalue weighted by molar-refractivity contribution is 5.79. The molecular weight excluding hydrogens is 198 g/mol. The largest absolute Gasteiger partial charge is 0.480 e. The van der Waals surface area contributed by atoms with Gasteiger partial charge in [-0.25, -0.2) is 9.59 Å². The normalized spacial score (nSPS) is 12.3. The summed E-state index contributed by atoms with van der Waals surface area (Å²) in [5.41, 5.74) is -0.610. The van der Waals surface area contributed by atoms with Crippen LogP contribution in [0, 0.1) is 0 Å². The minimum Gasteiger partial charge on any atom is -0.480 e. The van der Waals surface area contributed by atoms with Gasteiger partial charge in [-0.3, -0.25) is 0 Å². The Morgan fingerprint density at radius 1 is 1.40 bits per heavy atom. The summed E-state index contributed by atoms with van der Waals surface area (Å²) >= 11 is 0. The summed E-state index contributed by atoms with van der Waals surface area (Å²) in [6.45, 7) is 6.83. The van der Waals surface area contributed by atoms with Gasteiger partial charge < -0.3 is 15.2 Å². The second-order valence-corrected chi connectivity index (χ2v) is 3.95. The maximum atomic E-state index is 11.1. The number of rotatable bonds is 3. The molecule has 0 aromatic rings. The fourth-order valence-electron chi connectivity index (χ4n) is 0.788. The lowest BCUT2D eigenvalue weighted by Gasteiger charge is -2.21. The van der Waals surface area contributed by atoms with E-state index in [4.69, 9.17) is 9.84 Å². The van der Waals surface area contributed by atoms with E-state index in [0.717, 1.165) is 0 Å². The number of carbonyl (C=O) groups excluding carboxylic acids is 1. The van der Waals surface area contributed by atoms with Crippen LogP contribution in [0.4, 0.5) is 4.79 Å². The molecule has 0 aromatic heterocycles. The molecule has 0 spiro atoms. The third kappa shape index (κ3) is 7.78. The third-order valence-electron chi connectivity index (χ3n) is 1.40. The minimum absolute atomic E-state index is 0. The number of alkyl carbamates (subject to hydrolysis) is 1. The van der Waals surface area contributed by atoms with E-state index in [1.165, 1.54) is 0 Å². The van der Waals surface area contributed by atoms with Crippen molar-refractivity contribution in [2.75, 3.05) is 0 Å². The first-order valence-corrected chi connectivity index (χ1v) is 4.48. The lowest BCUT2D eigenvalue weighted by Crippen LogP contribution is -2.43. The molecule has 0 radical (unpaired) electrons. The van der Waals surface area contributed by atoms with Crippen LogP contribution in [0.25, 0.3) is 0 Å². The highest BCUT2D eigenvalue weighted by atomic mass is 16.6. The van der Waals surface area contributed by atoms with Crippen LogP contribution < -0.4 is 5.32 Å². The first-order chi connectivity index (χ1) is 6.26. The van der Waals surface area contributed by atoms with E-state index in [1.54, 1.807) is 27.7 Å². The summed E-state index contributed by atoms with van der Waals surface area (Å²) in [6.07, 6.45) is -0.374. The highest BCUT2D eigenvalue weighted by Crippen LogP contribution is 2.07. The zero-order valence-electron chi connectivity index (χ0n) is 8.96. The molecule has 5 heteroatoms. The maximum absolute atomic E-state index is 11.1. The molecule has 0 aliphatic heterocycles. The van der Waals surface area contributed by atoms with Crippen LogP contribution in [0.1, 0.15) is 41.5 Å². The Labute approximate surface area is 90.8 Å². The molecule has 1 amide bonds. The van der Waals surface area contributed by atoms with Crippen molar-refractivity contribution in [1.29, 1.82) is 0 Å². The van der Waals surface area contributed by atoms with Crippen molar-refractivity contribution in [1.82, 2.24) is 5.32 Å². The maximum Gasteiger partial charge on any atom is 0.408 e. The monoisotopic (exact) mass is 219 g/mol. The van der Waals surface area contributed by atoms with Gasteiger partial charge in [-0.2, -0.15) is 0 Å². The predicted molar refractivity (Wildman–Crippen MR) is 57.8 cm³/mol. The van der Waals surface area contributed by atoms with Crippen molar-refractivity contribution in [2.24, 2.45) is 0 Å². The molecule has 0 heterocycles. The molecule has 1 atom stereocenters. The molecule has 2 N–H and O–H groups in total. The second kappa shape index (κ2) is 6.27. The molecule has 0 unspecified atom stereocenters. The van der Waals surface area contributed by atoms with Crippen molar-refractivity contribution >= 4 is 12.1 Å². The van der Waals surface area contributed by atoms with Gasteiger partial charge in [-0.15, -0.1) is 0 Å². The van der Waals surface area contributed by atoms with Gasteiger partial charge in [-0.1, -0.05) is 14.4 Å². The van der Waals surface area contributed by atoms with E-state index in [9.17, 15) is 9.59 Å². The van der Waals surface area contributed by atoms with Gasteiger partial charge >= 0.3 is 12.1 Å². The van der Waals surface area contributed by atoms with Crippen molar-refractivity contribution in [3.05, 3.63) is 0 Å². The number of amides is 1. The molecule has 90 valence electrons. The molecule has 5 nitrogen and oxygen atoms in total. The van der Waals surface area contributed by atoms with Crippen LogP contribution in [0.2, 0.25) is 0 Å². The number of hydrogen-bond donors (Lipinski definition) is 2. The molecule has 0 aliphatic carbocycles. The first kappa shape index (κ1) is 16.2. The smallest absolute Gasteiger partial charge is 0.408 e. The molecule has 0 aliphatic rings. The van der Waals surface area contributed by atoms with Crippen LogP contribution in [0.15, 0.2) is 0 Å². The number of hydrogen-bond acceptors (Lipinski definition) is 3. The Morgan fingerprint density at radius 3 is 2.13 bits per heavy atom. The zero-order chi connectivity index (χ0) is 11.4. The van der Waals surface area contributed by atoms with E-state index in [2.05, 4.69) is 5.32 Å². The lowest BCUT2D eigenvalue weighted by atomic mass is 10.2. The van der Waals surface area contributed by atoms with Gasteiger partial charge in [0, 0.05) is 0 Å². The molecule has 0 saturated carbocycles. The molecule has 0 fully saturated rings. The van der Waals surface area contributed by atoms with E-state index in [1.807, 2.05) is 0 Å².